The summed E-state index contributed by atoms with van der Waals surface area (Å²) in [4.78, 5) is 6.47. The van der Waals surface area contributed by atoms with E-state index >= 15 is 0 Å². The highest BCUT2D eigenvalue weighted by molar-refractivity contribution is 5.79. The predicted molar refractivity (Wildman–Crippen MR) is 92.7 cm³/mol. The fourth-order valence-electron chi connectivity index (χ4n) is 2.18. The first-order valence-corrected chi connectivity index (χ1v) is 7.73. The van der Waals surface area contributed by atoms with Crippen LogP contribution in [-0.4, -0.2) is 31.5 Å². The molecule has 0 bridgehead atoms. The van der Waals surface area contributed by atoms with Crippen LogP contribution in [0.1, 0.15) is 36.8 Å². The molecule has 0 unspecified atom stereocenters. The average Bonchev–Trinajstić information content (AvgIpc) is 2.55. The molecule has 0 saturated heterocycles. The van der Waals surface area contributed by atoms with Crippen molar-refractivity contribution in [1.29, 1.82) is 5.26 Å². The minimum absolute atomic E-state index is 0.685. The number of rotatable bonds is 8. The van der Waals surface area contributed by atoms with Gasteiger partial charge in [0.2, 0.25) is 0 Å². The highest BCUT2D eigenvalue weighted by atomic mass is 15.3. The van der Waals surface area contributed by atoms with Crippen LogP contribution in [0, 0.1) is 11.3 Å². The van der Waals surface area contributed by atoms with E-state index in [4.69, 9.17) is 5.26 Å². The second kappa shape index (κ2) is 10.4. The fraction of sp³-hybridized carbons (Fsp3) is 0.444. The maximum Gasteiger partial charge on any atom is 0.193 e. The number of nitrogens with zero attached hydrogens (tertiary/aromatic N) is 3. The maximum atomic E-state index is 8.80. The number of allylic oxidation sites excluding steroid dienone is 1. The number of nitrogens with one attached hydrogen (secondary N) is 1. The SMILES string of the molecule is C=CCCCCCN(C)C(=NC)NCc1ccc(C#N)cc1. The van der Waals surface area contributed by atoms with Gasteiger partial charge >= 0.3 is 0 Å². The number of unbranched alkanes of at least 4 members (excludes halogenated alkanes) is 3. The molecule has 0 aliphatic rings. The van der Waals surface area contributed by atoms with Crippen molar-refractivity contribution in [3.63, 3.8) is 0 Å². The molecule has 0 saturated carbocycles. The molecular formula is C18H26N4. The molecule has 0 atom stereocenters. The van der Waals surface area contributed by atoms with Crippen LogP contribution in [0.15, 0.2) is 41.9 Å². The minimum atomic E-state index is 0.685. The highest BCUT2D eigenvalue weighted by Gasteiger charge is 2.05. The normalized spacial score (nSPS) is 10.9. The number of aliphatic imine (C=N–C) groups is 1. The number of hydrogen-bond acceptors (Lipinski definition) is 2. The zero-order valence-electron chi connectivity index (χ0n) is 13.7. The van der Waals surface area contributed by atoms with E-state index in [1.807, 2.05) is 30.3 Å². The van der Waals surface area contributed by atoms with Gasteiger partial charge in [-0.05, 0) is 37.0 Å². The minimum Gasteiger partial charge on any atom is -0.352 e. The molecule has 0 aromatic heterocycles. The van der Waals surface area contributed by atoms with E-state index in [0.717, 1.165) is 30.9 Å². The molecule has 0 spiro atoms. The van der Waals surface area contributed by atoms with Gasteiger partial charge in [0.1, 0.15) is 0 Å². The Bertz CT molecular complexity index is 511. The monoisotopic (exact) mass is 298 g/mol. The largest absolute Gasteiger partial charge is 0.352 e. The summed E-state index contributed by atoms with van der Waals surface area (Å²) >= 11 is 0. The van der Waals surface area contributed by atoms with Gasteiger partial charge in [-0.1, -0.05) is 24.6 Å². The maximum absolute atomic E-state index is 8.80. The van der Waals surface area contributed by atoms with Crippen LogP contribution in [0.4, 0.5) is 0 Å². The van der Waals surface area contributed by atoms with Gasteiger partial charge in [-0.3, -0.25) is 4.99 Å². The third-order valence-electron chi connectivity index (χ3n) is 3.51. The summed E-state index contributed by atoms with van der Waals surface area (Å²) in [5.41, 5.74) is 1.82. The standard InChI is InChI=1S/C18H26N4/c1-4-5-6-7-8-13-22(3)18(20-2)21-15-17-11-9-16(14-19)10-12-17/h4,9-12H,1,5-8,13,15H2,2-3H3,(H,20,21). The Hall–Kier alpha value is -2.28. The molecule has 1 aromatic rings. The Balaban J connectivity index is 2.37. The second-order valence-corrected chi connectivity index (χ2v) is 5.27. The van der Waals surface area contributed by atoms with Gasteiger partial charge in [0.15, 0.2) is 5.96 Å². The van der Waals surface area contributed by atoms with E-state index in [2.05, 4.69) is 34.9 Å². The lowest BCUT2D eigenvalue weighted by Crippen LogP contribution is -2.38. The van der Waals surface area contributed by atoms with E-state index in [0.29, 0.717) is 12.1 Å². The van der Waals surface area contributed by atoms with Crippen LogP contribution in [0.25, 0.3) is 0 Å². The summed E-state index contributed by atoms with van der Waals surface area (Å²) in [6, 6.07) is 9.73. The lowest BCUT2D eigenvalue weighted by Gasteiger charge is -2.22. The van der Waals surface area contributed by atoms with Crippen LogP contribution >= 0.6 is 0 Å². The summed E-state index contributed by atoms with van der Waals surface area (Å²) in [7, 11) is 3.86. The third-order valence-corrected chi connectivity index (χ3v) is 3.51. The van der Waals surface area contributed by atoms with E-state index in [1.165, 1.54) is 12.8 Å². The topological polar surface area (TPSA) is 51.4 Å². The molecule has 4 nitrogen and oxygen atoms in total. The van der Waals surface area contributed by atoms with Crippen molar-refractivity contribution in [2.24, 2.45) is 4.99 Å². The Morgan fingerprint density at radius 3 is 2.64 bits per heavy atom. The van der Waals surface area contributed by atoms with Crippen LogP contribution in [0.5, 0.6) is 0 Å². The molecule has 0 heterocycles. The van der Waals surface area contributed by atoms with Crippen molar-refractivity contribution in [3.05, 3.63) is 48.0 Å². The molecule has 0 aliphatic heterocycles. The van der Waals surface area contributed by atoms with Crippen molar-refractivity contribution in [1.82, 2.24) is 10.2 Å². The van der Waals surface area contributed by atoms with Gasteiger partial charge in [0, 0.05) is 27.2 Å². The smallest absolute Gasteiger partial charge is 0.193 e. The summed E-state index contributed by atoms with van der Waals surface area (Å²) < 4.78 is 0. The Morgan fingerprint density at radius 1 is 1.32 bits per heavy atom. The van der Waals surface area contributed by atoms with E-state index in [-0.39, 0.29) is 0 Å². The quantitative estimate of drug-likeness (QED) is 0.347. The second-order valence-electron chi connectivity index (χ2n) is 5.27. The van der Waals surface area contributed by atoms with Gasteiger partial charge in [-0.15, -0.1) is 6.58 Å². The highest BCUT2D eigenvalue weighted by Crippen LogP contribution is 2.04. The predicted octanol–water partition coefficient (Wildman–Crippen LogP) is 3.31. The average molecular weight is 298 g/mol. The van der Waals surface area contributed by atoms with Crippen LogP contribution in [0.2, 0.25) is 0 Å². The fourth-order valence-corrected chi connectivity index (χ4v) is 2.18. The van der Waals surface area contributed by atoms with Crippen LogP contribution < -0.4 is 5.32 Å². The molecule has 1 N–H and O–H groups in total. The molecule has 118 valence electrons. The Kier molecular flexibility index (Phi) is 8.44. The molecule has 4 heteroatoms. The van der Waals surface area contributed by atoms with E-state index < -0.39 is 0 Å². The first-order chi connectivity index (χ1) is 10.7. The van der Waals surface area contributed by atoms with Crippen molar-refractivity contribution in [2.45, 2.75) is 32.2 Å². The van der Waals surface area contributed by atoms with Gasteiger partial charge in [0.25, 0.3) is 0 Å². The molecule has 0 radical (unpaired) electrons. The van der Waals surface area contributed by atoms with Gasteiger partial charge in [-0.25, -0.2) is 0 Å². The first-order valence-electron chi connectivity index (χ1n) is 7.73. The molecule has 0 amide bonds. The zero-order chi connectivity index (χ0) is 16.2. The number of benzene rings is 1. The van der Waals surface area contributed by atoms with Crippen molar-refractivity contribution < 1.29 is 0 Å². The van der Waals surface area contributed by atoms with Crippen molar-refractivity contribution in [3.8, 4) is 6.07 Å². The van der Waals surface area contributed by atoms with Crippen LogP contribution in [0.3, 0.4) is 0 Å². The zero-order valence-corrected chi connectivity index (χ0v) is 13.7. The number of hydrogen-bond donors (Lipinski definition) is 1. The molecule has 22 heavy (non-hydrogen) atoms. The molecule has 1 aromatic carbocycles. The van der Waals surface area contributed by atoms with Gasteiger partial charge in [0.05, 0.1) is 11.6 Å². The van der Waals surface area contributed by atoms with Gasteiger partial charge in [-0.2, -0.15) is 5.26 Å². The molecule has 0 aliphatic carbocycles. The molecular weight excluding hydrogens is 272 g/mol. The van der Waals surface area contributed by atoms with E-state index in [1.54, 1.807) is 7.05 Å². The van der Waals surface area contributed by atoms with Crippen molar-refractivity contribution in [2.75, 3.05) is 20.6 Å². The summed E-state index contributed by atoms with van der Waals surface area (Å²) in [6.45, 7) is 5.44. The number of nitriles is 1. The summed E-state index contributed by atoms with van der Waals surface area (Å²) in [5.74, 6) is 0.896. The summed E-state index contributed by atoms with van der Waals surface area (Å²) in [6.07, 6.45) is 6.64. The van der Waals surface area contributed by atoms with Gasteiger partial charge < -0.3 is 10.2 Å². The Morgan fingerprint density at radius 2 is 2.05 bits per heavy atom. The lowest BCUT2D eigenvalue weighted by molar-refractivity contribution is 0.455. The van der Waals surface area contributed by atoms with E-state index in [9.17, 15) is 0 Å². The molecule has 1 rings (SSSR count). The third kappa shape index (κ3) is 6.45. The number of guanidine groups is 1. The lowest BCUT2D eigenvalue weighted by atomic mass is 10.1. The Labute approximate surface area is 134 Å². The molecule has 0 fully saturated rings. The van der Waals surface area contributed by atoms with Crippen LogP contribution in [-0.2, 0) is 6.54 Å². The van der Waals surface area contributed by atoms with Crippen molar-refractivity contribution >= 4 is 5.96 Å². The summed E-state index contributed by atoms with van der Waals surface area (Å²) in [5, 5.41) is 12.1. The first kappa shape index (κ1) is 17.8.